The Labute approximate surface area is 102 Å². The first kappa shape index (κ1) is 12.0. The molecule has 1 aromatic carbocycles. The molecular weight excluding hydrogens is 305 g/mol. The molecule has 8 heteroatoms. The van der Waals surface area contributed by atoms with Gasteiger partial charge in [0.25, 0.3) is 0 Å². The zero-order valence-corrected chi connectivity index (χ0v) is 9.78. The average Bonchev–Trinajstić information content (AvgIpc) is 2.20. The Bertz CT molecular complexity index is 476. The van der Waals surface area contributed by atoms with E-state index in [9.17, 15) is 18.0 Å². The molecule has 0 unspecified atom stereocenters. The predicted octanol–water partition coefficient (Wildman–Crippen LogP) is 2.98. The van der Waals surface area contributed by atoms with Crippen LogP contribution in [0.5, 0.6) is 5.75 Å². The second kappa shape index (κ2) is 4.10. The van der Waals surface area contributed by atoms with E-state index in [2.05, 4.69) is 31.3 Å². The first-order chi connectivity index (χ1) is 7.87. The van der Waals surface area contributed by atoms with Crippen LogP contribution < -0.4 is 15.4 Å². The van der Waals surface area contributed by atoms with E-state index in [0.717, 1.165) is 6.07 Å². The Morgan fingerprint density at radius 3 is 2.71 bits per heavy atom. The van der Waals surface area contributed by atoms with Gasteiger partial charge in [0.1, 0.15) is 5.75 Å². The van der Waals surface area contributed by atoms with Crippen LogP contribution in [0.3, 0.4) is 0 Å². The van der Waals surface area contributed by atoms with Crippen LogP contribution in [0, 0.1) is 0 Å². The maximum Gasteiger partial charge on any atom is 0.573 e. The Morgan fingerprint density at radius 1 is 1.35 bits per heavy atom. The quantitative estimate of drug-likeness (QED) is 0.838. The zero-order valence-electron chi connectivity index (χ0n) is 8.19. The summed E-state index contributed by atoms with van der Waals surface area (Å²) in [7, 11) is 0. The summed E-state index contributed by atoms with van der Waals surface area (Å²) in [4.78, 5) is 11.0. The third kappa shape index (κ3) is 2.63. The van der Waals surface area contributed by atoms with Crippen LogP contribution in [0.15, 0.2) is 16.6 Å². The van der Waals surface area contributed by atoms with E-state index in [0.29, 0.717) is 11.3 Å². The minimum absolute atomic E-state index is 0.136. The van der Waals surface area contributed by atoms with Crippen molar-refractivity contribution in [2.45, 2.75) is 12.9 Å². The van der Waals surface area contributed by atoms with Crippen LogP contribution >= 0.6 is 15.9 Å². The van der Waals surface area contributed by atoms with Crippen molar-refractivity contribution in [3.05, 3.63) is 22.2 Å². The Kier molecular flexibility index (Phi) is 2.90. The maximum atomic E-state index is 12.1. The monoisotopic (exact) mass is 310 g/mol. The molecule has 0 atom stereocenters. The number of carbonyl (C=O) groups excluding carboxylic acids is 1. The van der Waals surface area contributed by atoms with Gasteiger partial charge in [0, 0.05) is 17.8 Å². The minimum atomic E-state index is -4.75. The van der Waals surface area contributed by atoms with Gasteiger partial charge in [-0.1, -0.05) is 0 Å². The number of urea groups is 1. The molecule has 4 nitrogen and oxygen atoms in total. The molecule has 17 heavy (non-hydrogen) atoms. The smallest absolute Gasteiger partial charge is 0.405 e. The number of alkyl halides is 3. The number of hydrogen-bond donors (Lipinski definition) is 2. The van der Waals surface area contributed by atoms with Crippen molar-refractivity contribution in [2.24, 2.45) is 0 Å². The second-order valence-electron chi connectivity index (χ2n) is 3.26. The van der Waals surface area contributed by atoms with E-state index in [1.165, 1.54) is 6.07 Å². The molecule has 1 aliphatic rings. The molecule has 0 bridgehead atoms. The van der Waals surface area contributed by atoms with Gasteiger partial charge in [-0.25, -0.2) is 4.79 Å². The molecule has 0 radical (unpaired) electrons. The summed E-state index contributed by atoms with van der Waals surface area (Å²) in [5, 5.41) is 4.93. The van der Waals surface area contributed by atoms with Crippen molar-refractivity contribution in [1.29, 1.82) is 0 Å². The number of ether oxygens (including phenoxy) is 1. The molecule has 2 N–H and O–H groups in total. The molecule has 1 aromatic rings. The number of rotatable bonds is 1. The van der Waals surface area contributed by atoms with Crippen molar-refractivity contribution in [1.82, 2.24) is 5.32 Å². The Balaban J connectivity index is 2.36. The first-order valence-electron chi connectivity index (χ1n) is 4.49. The predicted molar refractivity (Wildman–Crippen MR) is 56.7 cm³/mol. The fourth-order valence-electron chi connectivity index (χ4n) is 1.43. The third-order valence-corrected chi connectivity index (χ3v) is 2.98. The zero-order chi connectivity index (χ0) is 12.6. The number of nitrogens with one attached hydrogen (secondary N) is 2. The molecule has 0 aliphatic carbocycles. The summed E-state index contributed by atoms with van der Waals surface area (Å²) in [6, 6.07) is 2.11. The summed E-state index contributed by atoms with van der Waals surface area (Å²) in [5.74, 6) is -0.339. The Hall–Kier alpha value is -1.44. The van der Waals surface area contributed by atoms with E-state index in [-0.39, 0.29) is 16.8 Å². The molecule has 0 fully saturated rings. The lowest BCUT2D eigenvalue weighted by molar-refractivity contribution is -0.274. The molecule has 1 aliphatic heterocycles. The lowest BCUT2D eigenvalue weighted by atomic mass is 10.1. The summed E-state index contributed by atoms with van der Waals surface area (Å²) in [5.41, 5.74) is 0.960. The van der Waals surface area contributed by atoms with Crippen molar-refractivity contribution < 1.29 is 22.7 Å². The molecule has 0 saturated carbocycles. The summed E-state index contributed by atoms with van der Waals surface area (Å²) in [6.07, 6.45) is -4.75. The number of fused-ring (bicyclic) bond motifs is 1. The Morgan fingerprint density at radius 2 is 2.06 bits per heavy atom. The second-order valence-corrected chi connectivity index (χ2v) is 4.05. The van der Waals surface area contributed by atoms with Crippen molar-refractivity contribution >= 4 is 27.6 Å². The number of benzene rings is 1. The largest absolute Gasteiger partial charge is 0.573 e. The lowest BCUT2D eigenvalue weighted by Crippen LogP contribution is -2.33. The maximum absolute atomic E-state index is 12.1. The van der Waals surface area contributed by atoms with E-state index in [1.807, 2.05) is 0 Å². The summed E-state index contributed by atoms with van der Waals surface area (Å²) in [6.45, 7) is 0.136. The number of hydrogen-bond acceptors (Lipinski definition) is 2. The molecule has 0 aromatic heterocycles. The van der Waals surface area contributed by atoms with Gasteiger partial charge >= 0.3 is 12.4 Å². The van der Waals surface area contributed by atoms with Gasteiger partial charge in [-0.15, -0.1) is 13.2 Å². The summed E-state index contributed by atoms with van der Waals surface area (Å²) < 4.78 is 40.3. The molecule has 2 amide bonds. The van der Waals surface area contributed by atoms with Gasteiger partial charge in [-0.3, -0.25) is 0 Å². The third-order valence-electron chi connectivity index (χ3n) is 2.11. The molecule has 0 saturated heterocycles. The summed E-state index contributed by atoms with van der Waals surface area (Å²) >= 11 is 3.02. The molecule has 92 valence electrons. The van der Waals surface area contributed by atoms with Gasteiger partial charge in [0.2, 0.25) is 0 Å². The van der Waals surface area contributed by atoms with E-state index >= 15 is 0 Å². The van der Waals surface area contributed by atoms with E-state index in [4.69, 9.17) is 0 Å². The minimum Gasteiger partial charge on any atom is -0.405 e. The topological polar surface area (TPSA) is 50.4 Å². The van der Waals surface area contributed by atoms with Crippen LogP contribution in [-0.2, 0) is 6.54 Å². The number of anilines is 1. The normalized spacial score (nSPS) is 14.7. The standard InChI is InChI=1S/C9H6BrF3N2O2/c10-7-4-3-14-8(16)15-5(4)1-2-6(7)17-9(11,12)13/h1-2H,3H2,(H2,14,15,16). The number of halogens is 4. The SMILES string of the molecule is O=C1NCc2c(ccc(OC(F)(F)F)c2Br)N1. The van der Waals surface area contributed by atoms with Gasteiger partial charge < -0.3 is 15.4 Å². The van der Waals surface area contributed by atoms with Crippen LogP contribution in [0.2, 0.25) is 0 Å². The van der Waals surface area contributed by atoms with Gasteiger partial charge in [0.15, 0.2) is 0 Å². The van der Waals surface area contributed by atoms with Crippen molar-refractivity contribution in [3.8, 4) is 5.75 Å². The average molecular weight is 311 g/mol. The van der Waals surface area contributed by atoms with Gasteiger partial charge in [-0.05, 0) is 28.1 Å². The highest BCUT2D eigenvalue weighted by molar-refractivity contribution is 9.10. The molecule has 1 heterocycles. The van der Waals surface area contributed by atoms with Crippen molar-refractivity contribution in [2.75, 3.05) is 5.32 Å². The van der Waals surface area contributed by atoms with E-state index < -0.39 is 12.4 Å². The highest BCUT2D eigenvalue weighted by atomic mass is 79.9. The molecular formula is C9H6BrF3N2O2. The fourth-order valence-corrected chi connectivity index (χ4v) is 2.00. The van der Waals surface area contributed by atoms with Crippen LogP contribution in [0.4, 0.5) is 23.7 Å². The molecule has 2 rings (SSSR count). The highest BCUT2D eigenvalue weighted by Gasteiger charge is 2.33. The van der Waals surface area contributed by atoms with Crippen LogP contribution in [0.25, 0.3) is 0 Å². The number of carbonyl (C=O) groups is 1. The highest BCUT2D eigenvalue weighted by Crippen LogP contribution is 2.37. The number of amides is 2. The van der Waals surface area contributed by atoms with Crippen LogP contribution in [-0.4, -0.2) is 12.4 Å². The fraction of sp³-hybridized carbons (Fsp3) is 0.222. The van der Waals surface area contributed by atoms with Crippen LogP contribution in [0.1, 0.15) is 5.56 Å². The first-order valence-corrected chi connectivity index (χ1v) is 5.28. The molecule has 0 spiro atoms. The lowest BCUT2D eigenvalue weighted by Gasteiger charge is -2.21. The van der Waals surface area contributed by atoms with Gasteiger partial charge in [0.05, 0.1) is 4.47 Å². The van der Waals surface area contributed by atoms with Crippen molar-refractivity contribution in [3.63, 3.8) is 0 Å². The van der Waals surface area contributed by atoms with Gasteiger partial charge in [-0.2, -0.15) is 0 Å². The van der Waals surface area contributed by atoms with E-state index in [1.54, 1.807) is 0 Å².